The van der Waals surface area contributed by atoms with Crippen molar-refractivity contribution in [3.8, 4) is 5.75 Å². The van der Waals surface area contributed by atoms with Gasteiger partial charge in [-0.2, -0.15) is 0 Å². The number of methoxy groups -OCH3 is 2. The van der Waals surface area contributed by atoms with Gasteiger partial charge in [-0.15, -0.1) is 0 Å². The van der Waals surface area contributed by atoms with E-state index in [1.54, 1.807) is 14.2 Å². The van der Waals surface area contributed by atoms with Gasteiger partial charge in [0.2, 0.25) is 0 Å². The summed E-state index contributed by atoms with van der Waals surface area (Å²) in [7, 11) is 3.19. The van der Waals surface area contributed by atoms with Crippen LogP contribution in [0.5, 0.6) is 5.75 Å². The van der Waals surface area contributed by atoms with Crippen LogP contribution in [0.25, 0.3) is 0 Å². The van der Waals surface area contributed by atoms with Crippen LogP contribution < -0.4 is 4.74 Å². The lowest BCUT2D eigenvalue weighted by molar-refractivity contribution is -0.121. The van der Waals surface area contributed by atoms with Crippen molar-refractivity contribution in [3.63, 3.8) is 0 Å². The van der Waals surface area contributed by atoms with Crippen molar-refractivity contribution < 1.29 is 14.2 Å². The van der Waals surface area contributed by atoms with Crippen LogP contribution in [0.3, 0.4) is 0 Å². The van der Waals surface area contributed by atoms with E-state index in [1.165, 1.54) is 0 Å². The Balaban J connectivity index is 2.68. The van der Waals surface area contributed by atoms with Crippen molar-refractivity contribution in [3.05, 3.63) is 27.7 Å². The number of rotatable bonds is 5. The summed E-state index contributed by atoms with van der Waals surface area (Å²) in [5.41, 5.74) is 2.31. The standard InChI is InChI=1S/C12H17BrO3/c1-8-5-10(6-9(2)12(8)13)16-7-11(14-3)15-4/h5-6,11H,7H2,1-4H3. The molecular weight excluding hydrogens is 272 g/mol. The summed E-state index contributed by atoms with van der Waals surface area (Å²) in [5.74, 6) is 0.831. The molecule has 0 aliphatic carbocycles. The van der Waals surface area contributed by atoms with Gasteiger partial charge in [-0.25, -0.2) is 0 Å². The third kappa shape index (κ3) is 3.47. The Labute approximate surface area is 105 Å². The molecule has 0 aliphatic rings. The summed E-state index contributed by atoms with van der Waals surface area (Å²) in [6.07, 6.45) is -0.329. The molecule has 16 heavy (non-hydrogen) atoms. The molecule has 1 aromatic carbocycles. The smallest absolute Gasteiger partial charge is 0.191 e. The van der Waals surface area contributed by atoms with Gasteiger partial charge in [-0.3, -0.25) is 0 Å². The van der Waals surface area contributed by atoms with Gasteiger partial charge in [-0.1, -0.05) is 15.9 Å². The molecule has 0 fully saturated rings. The molecule has 0 spiro atoms. The van der Waals surface area contributed by atoms with E-state index in [-0.39, 0.29) is 6.29 Å². The van der Waals surface area contributed by atoms with Crippen LogP contribution in [0, 0.1) is 13.8 Å². The fraction of sp³-hybridized carbons (Fsp3) is 0.500. The third-order valence-electron chi connectivity index (χ3n) is 2.32. The molecule has 0 atom stereocenters. The van der Waals surface area contributed by atoms with Crippen LogP contribution in [-0.2, 0) is 9.47 Å². The molecule has 0 radical (unpaired) electrons. The Bertz CT molecular complexity index is 325. The zero-order valence-electron chi connectivity index (χ0n) is 10.0. The topological polar surface area (TPSA) is 27.7 Å². The molecule has 4 heteroatoms. The van der Waals surface area contributed by atoms with Crippen LogP contribution in [0.1, 0.15) is 11.1 Å². The van der Waals surface area contributed by atoms with E-state index in [9.17, 15) is 0 Å². The SMILES string of the molecule is COC(COc1cc(C)c(Br)c(C)c1)OC. The first-order valence-corrected chi connectivity index (χ1v) is 5.83. The molecule has 0 heterocycles. The number of halogens is 1. The average molecular weight is 289 g/mol. The number of hydrogen-bond donors (Lipinski definition) is 0. The third-order valence-corrected chi connectivity index (χ3v) is 3.57. The quantitative estimate of drug-likeness (QED) is 0.780. The molecular formula is C12H17BrO3. The first-order chi connectivity index (χ1) is 7.58. The Morgan fingerprint density at radius 1 is 1.12 bits per heavy atom. The highest BCUT2D eigenvalue weighted by molar-refractivity contribution is 9.10. The van der Waals surface area contributed by atoms with Gasteiger partial charge in [0, 0.05) is 18.7 Å². The van der Waals surface area contributed by atoms with Gasteiger partial charge in [0.15, 0.2) is 6.29 Å². The van der Waals surface area contributed by atoms with Gasteiger partial charge in [0.1, 0.15) is 12.4 Å². The zero-order valence-corrected chi connectivity index (χ0v) is 11.6. The van der Waals surface area contributed by atoms with Gasteiger partial charge in [0.05, 0.1) is 0 Å². The molecule has 0 unspecified atom stereocenters. The number of aryl methyl sites for hydroxylation is 2. The summed E-state index contributed by atoms with van der Waals surface area (Å²) in [6, 6.07) is 3.97. The minimum Gasteiger partial charge on any atom is -0.488 e. The molecule has 0 amide bonds. The second kappa shape index (κ2) is 6.23. The predicted octanol–water partition coefficient (Wildman–Crippen LogP) is 3.06. The van der Waals surface area contributed by atoms with E-state index in [4.69, 9.17) is 14.2 Å². The largest absolute Gasteiger partial charge is 0.488 e. The Morgan fingerprint density at radius 3 is 2.06 bits per heavy atom. The highest BCUT2D eigenvalue weighted by Gasteiger charge is 2.07. The van der Waals surface area contributed by atoms with Gasteiger partial charge in [-0.05, 0) is 37.1 Å². The maximum atomic E-state index is 5.60. The van der Waals surface area contributed by atoms with Crippen LogP contribution >= 0.6 is 15.9 Å². The van der Waals surface area contributed by atoms with Crippen molar-refractivity contribution in [2.45, 2.75) is 20.1 Å². The molecule has 1 rings (SSSR count). The molecule has 0 bridgehead atoms. The van der Waals surface area contributed by atoms with E-state index in [0.29, 0.717) is 6.61 Å². The van der Waals surface area contributed by atoms with Crippen molar-refractivity contribution >= 4 is 15.9 Å². The normalized spacial score (nSPS) is 10.9. The van der Waals surface area contributed by atoms with Crippen LogP contribution in [-0.4, -0.2) is 27.1 Å². The summed E-state index contributed by atoms with van der Waals surface area (Å²) < 4.78 is 16.8. The molecule has 0 saturated heterocycles. The van der Waals surface area contributed by atoms with Crippen molar-refractivity contribution in [1.29, 1.82) is 0 Å². The van der Waals surface area contributed by atoms with Gasteiger partial charge in [0.25, 0.3) is 0 Å². The van der Waals surface area contributed by atoms with Crippen molar-refractivity contribution in [2.24, 2.45) is 0 Å². The maximum Gasteiger partial charge on any atom is 0.191 e. The maximum absolute atomic E-state index is 5.60. The average Bonchev–Trinajstić information content (AvgIpc) is 2.27. The lowest BCUT2D eigenvalue weighted by atomic mass is 10.1. The fourth-order valence-electron chi connectivity index (χ4n) is 1.39. The molecule has 0 aromatic heterocycles. The summed E-state index contributed by atoms with van der Waals surface area (Å²) >= 11 is 3.52. The molecule has 1 aromatic rings. The van der Waals surface area contributed by atoms with Crippen LogP contribution in [0.4, 0.5) is 0 Å². The van der Waals surface area contributed by atoms with Crippen LogP contribution in [0.15, 0.2) is 16.6 Å². The Morgan fingerprint density at radius 2 is 1.62 bits per heavy atom. The highest BCUT2D eigenvalue weighted by atomic mass is 79.9. The fourth-order valence-corrected chi connectivity index (χ4v) is 1.61. The minimum atomic E-state index is -0.329. The highest BCUT2D eigenvalue weighted by Crippen LogP contribution is 2.26. The number of benzene rings is 1. The molecule has 90 valence electrons. The lowest BCUT2D eigenvalue weighted by Crippen LogP contribution is -2.22. The van der Waals surface area contributed by atoms with E-state index in [0.717, 1.165) is 21.3 Å². The summed E-state index contributed by atoms with van der Waals surface area (Å²) in [6.45, 7) is 4.45. The van der Waals surface area contributed by atoms with E-state index in [1.807, 2.05) is 26.0 Å². The monoisotopic (exact) mass is 288 g/mol. The first kappa shape index (κ1) is 13.5. The lowest BCUT2D eigenvalue weighted by Gasteiger charge is -2.15. The van der Waals surface area contributed by atoms with E-state index >= 15 is 0 Å². The predicted molar refractivity (Wildman–Crippen MR) is 66.9 cm³/mol. The molecule has 0 saturated carbocycles. The molecule has 0 aliphatic heterocycles. The molecule has 0 N–H and O–H groups in total. The molecule has 3 nitrogen and oxygen atoms in total. The van der Waals surface area contributed by atoms with Crippen LogP contribution in [0.2, 0.25) is 0 Å². The first-order valence-electron chi connectivity index (χ1n) is 5.03. The Hall–Kier alpha value is -0.580. The van der Waals surface area contributed by atoms with Crippen molar-refractivity contribution in [2.75, 3.05) is 20.8 Å². The zero-order chi connectivity index (χ0) is 12.1. The van der Waals surface area contributed by atoms with E-state index in [2.05, 4.69) is 15.9 Å². The Kier molecular flexibility index (Phi) is 5.25. The van der Waals surface area contributed by atoms with Gasteiger partial charge >= 0.3 is 0 Å². The van der Waals surface area contributed by atoms with Gasteiger partial charge < -0.3 is 14.2 Å². The second-order valence-corrected chi connectivity index (χ2v) is 4.38. The summed E-state index contributed by atoms with van der Waals surface area (Å²) in [5, 5.41) is 0. The summed E-state index contributed by atoms with van der Waals surface area (Å²) in [4.78, 5) is 0. The number of ether oxygens (including phenoxy) is 3. The minimum absolute atomic E-state index is 0.329. The number of hydrogen-bond acceptors (Lipinski definition) is 3. The van der Waals surface area contributed by atoms with E-state index < -0.39 is 0 Å². The second-order valence-electron chi connectivity index (χ2n) is 3.58. The van der Waals surface area contributed by atoms with Crippen molar-refractivity contribution in [1.82, 2.24) is 0 Å².